The standard InChI is InChI=1S/C13H17NO/c14-13(8-9-1-2-11(13)7-9)10-3-5-12(15)6-4-10/h3-6,9,11,15H,1-2,7-8,14H2/t9-,11+,13+/m0/s1. The Morgan fingerprint density at radius 2 is 1.93 bits per heavy atom. The summed E-state index contributed by atoms with van der Waals surface area (Å²) in [5.41, 5.74) is 7.62. The molecule has 15 heavy (non-hydrogen) atoms. The summed E-state index contributed by atoms with van der Waals surface area (Å²) in [6.07, 6.45) is 5.07. The molecule has 0 unspecified atom stereocenters. The molecule has 0 heterocycles. The van der Waals surface area contributed by atoms with Crippen LogP contribution in [-0.2, 0) is 5.54 Å². The number of rotatable bonds is 1. The predicted octanol–water partition coefficient (Wildman–Crippen LogP) is 2.37. The van der Waals surface area contributed by atoms with Gasteiger partial charge in [-0.25, -0.2) is 0 Å². The first kappa shape index (κ1) is 9.22. The SMILES string of the molecule is N[C@@]1(c2ccc(O)cc2)C[C@H]2CC[C@@H]1C2. The summed E-state index contributed by atoms with van der Waals surface area (Å²) >= 11 is 0. The summed E-state index contributed by atoms with van der Waals surface area (Å²) in [5, 5.41) is 9.27. The Kier molecular flexibility index (Phi) is 1.84. The highest BCUT2D eigenvalue weighted by Crippen LogP contribution is 2.54. The van der Waals surface area contributed by atoms with E-state index in [-0.39, 0.29) is 5.54 Å². The molecule has 2 saturated carbocycles. The third-order valence-electron chi connectivity index (χ3n) is 4.30. The van der Waals surface area contributed by atoms with Crippen LogP contribution < -0.4 is 5.73 Å². The number of benzene rings is 1. The van der Waals surface area contributed by atoms with Crippen LogP contribution >= 0.6 is 0 Å². The maximum Gasteiger partial charge on any atom is 0.115 e. The molecule has 0 aliphatic heterocycles. The van der Waals surface area contributed by atoms with E-state index in [1.165, 1.54) is 24.8 Å². The first-order valence-electron chi connectivity index (χ1n) is 5.77. The van der Waals surface area contributed by atoms with E-state index in [0.717, 1.165) is 12.3 Å². The lowest BCUT2D eigenvalue weighted by atomic mass is 9.77. The first-order valence-corrected chi connectivity index (χ1v) is 5.77. The zero-order valence-electron chi connectivity index (χ0n) is 8.82. The van der Waals surface area contributed by atoms with E-state index in [1.54, 1.807) is 12.1 Å². The number of hydrogen-bond acceptors (Lipinski definition) is 2. The van der Waals surface area contributed by atoms with Gasteiger partial charge in [0.25, 0.3) is 0 Å². The molecule has 80 valence electrons. The van der Waals surface area contributed by atoms with Crippen molar-refractivity contribution in [3.63, 3.8) is 0 Å². The lowest BCUT2D eigenvalue weighted by molar-refractivity contribution is 0.276. The molecule has 3 rings (SSSR count). The summed E-state index contributed by atoms with van der Waals surface area (Å²) in [7, 11) is 0. The lowest BCUT2D eigenvalue weighted by Crippen LogP contribution is -2.41. The van der Waals surface area contributed by atoms with Gasteiger partial charge in [-0.1, -0.05) is 18.6 Å². The van der Waals surface area contributed by atoms with Crippen molar-refractivity contribution in [1.82, 2.24) is 0 Å². The van der Waals surface area contributed by atoms with Crippen molar-refractivity contribution in [1.29, 1.82) is 0 Å². The van der Waals surface area contributed by atoms with Gasteiger partial charge in [0.2, 0.25) is 0 Å². The normalized spacial score (nSPS) is 38.5. The van der Waals surface area contributed by atoms with Crippen LogP contribution in [0.2, 0.25) is 0 Å². The monoisotopic (exact) mass is 203 g/mol. The molecule has 2 aliphatic rings. The zero-order valence-corrected chi connectivity index (χ0v) is 8.82. The van der Waals surface area contributed by atoms with E-state index in [2.05, 4.69) is 0 Å². The van der Waals surface area contributed by atoms with Crippen LogP contribution in [0.4, 0.5) is 0 Å². The Balaban J connectivity index is 1.96. The molecule has 3 N–H and O–H groups in total. The van der Waals surface area contributed by atoms with Crippen LogP contribution in [0.1, 0.15) is 31.2 Å². The fourth-order valence-corrected chi connectivity index (χ4v) is 3.50. The lowest BCUT2D eigenvalue weighted by Gasteiger charge is -2.34. The fourth-order valence-electron chi connectivity index (χ4n) is 3.50. The largest absolute Gasteiger partial charge is 0.508 e. The summed E-state index contributed by atoms with van der Waals surface area (Å²) in [5.74, 6) is 1.83. The van der Waals surface area contributed by atoms with Crippen molar-refractivity contribution >= 4 is 0 Å². The highest BCUT2D eigenvalue weighted by atomic mass is 16.3. The minimum absolute atomic E-state index is 0.114. The minimum atomic E-state index is -0.114. The van der Waals surface area contributed by atoms with Crippen molar-refractivity contribution < 1.29 is 5.11 Å². The van der Waals surface area contributed by atoms with Crippen LogP contribution in [0, 0.1) is 11.8 Å². The van der Waals surface area contributed by atoms with Gasteiger partial charge in [-0.05, 0) is 48.8 Å². The van der Waals surface area contributed by atoms with E-state index in [4.69, 9.17) is 5.73 Å². The Hall–Kier alpha value is -1.02. The molecule has 0 aromatic heterocycles. The van der Waals surface area contributed by atoms with Gasteiger partial charge in [0.05, 0.1) is 0 Å². The van der Waals surface area contributed by atoms with E-state index in [9.17, 15) is 5.11 Å². The van der Waals surface area contributed by atoms with Gasteiger partial charge in [0.1, 0.15) is 5.75 Å². The molecule has 2 fully saturated rings. The van der Waals surface area contributed by atoms with Gasteiger partial charge < -0.3 is 10.8 Å². The van der Waals surface area contributed by atoms with Crippen molar-refractivity contribution in [3.8, 4) is 5.75 Å². The summed E-state index contributed by atoms with van der Waals surface area (Å²) < 4.78 is 0. The molecule has 2 bridgehead atoms. The van der Waals surface area contributed by atoms with Crippen LogP contribution in [0.25, 0.3) is 0 Å². The number of phenolic OH excluding ortho intramolecular Hbond substituents is 1. The van der Waals surface area contributed by atoms with E-state index in [1.807, 2.05) is 12.1 Å². The zero-order chi connectivity index (χ0) is 10.5. The van der Waals surface area contributed by atoms with Gasteiger partial charge in [0, 0.05) is 5.54 Å². The smallest absolute Gasteiger partial charge is 0.115 e. The Bertz CT molecular complexity index is 373. The Labute approximate surface area is 90.1 Å². The van der Waals surface area contributed by atoms with E-state index >= 15 is 0 Å². The second-order valence-corrected chi connectivity index (χ2v) is 5.17. The van der Waals surface area contributed by atoms with Crippen molar-refractivity contribution in [2.24, 2.45) is 17.6 Å². The predicted molar refractivity (Wildman–Crippen MR) is 59.4 cm³/mol. The highest BCUT2D eigenvalue weighted by molar-refractivity contribution is 5.33. The first-order chi connectivity index (χ1) is 7.18. The number of phenols is 1. The molecule has 1 aromatic carbocycles. The van der Waals surface area contributed by atoms with Gasteiger partial charge in [-0.15, -0.1) is 0 Å². The number of fused-ring (bicyclic) bond motifs is 2. The quantitative estimate of drug-likeness (QED) is 0.736. The summed E-state index contributed by atoms with van der Waals surface area (Å²) in [4.78, 5) is 0. The summed E-state index contributed by atoms with van der Waals surface area (Å²) in [6, 6.07) is 7.46. The molecule has 0 spiro atoms. The molecular weight excluding hydrogens is 186 g/mol. The second kappa shape index (κ2) is 2.99. The third-order valence-corrected chi connectivity index (χ3v) is 4.30. The molecule has 2 nitrogen and oxygen atoms in total. The van der Waals surface area contributed by atoms with Crippen molar-refractivity contribution in [2.75, 3.05) is 0 Å². The van der Waals surface area contributed by atoms with E-state index in [0.29, 0.717) is 11.7 Å². The highest BCUT2D eigenvalue weighted by Gasteiger charge is 2.49. The van der Waals surface area contributed by atoms with Gasteiger partial charge in [0.15, 0.2) is 0 Å². The molecule has 2 heteroatoms. The van der Waals surface area contributed by atoms with Crippen LogP contribution in [0.3, 0.4) is 0 Å². The van der Waals surface area contributed by atoms with Crippen molar-refractivity contribution in [2.45, 2.75) is 31.2 Å². The maximum atomic E-state index is 9.27. The molecule has 0 amide bonds. The van der Waals surface area contributed by atoms with Crippen LogP contribution in [0.5, 0.6) is 5.75 Å². The fraction of sp³-hybridized carbons (Fsp3) is 0.538. The summed E-state index contributed by atoms with van der Waals surface area (Å²) in [6.45, 7) is 0. The molecule has 0 radical (unpaired) electrons. The van der Waals surface area contributed by atoms with Crippen LogP contribution in [0.15, 0.2) is 24.3 Å². The molecule has 0 saturated heterocycles. The van der Waals surface area contributed by atoms with Gasteiger partial charge in [-0.3, -0.25) is 0 Å². The Morgan fingerprint density at radius 3 is 2.47 bits per heavy atom. The topological polar surface area (TPSA) is 46.2 Å². The van der Waals surface area contributed by atoms with Gasteiger partial charge in [-0.2, -0.15) is 0 Å². The van der Waals surface area contributed by atoms with E-state index < -0.39 is 0 Å². The minimum Gasteiger partial charge on any atom is -0.508 e. The molecule has 1 aromatic rings. The number of hydrogen-bond donors (Lipinski definition) is 2. The van der Waals surface area contributed by atoms with Crippen molar-refractivity contribution in [3.05, 3.63) is 29.8 Å². The average Bonchev–Trinajstić information content (AvgIpc) is 2.78. The number of aromatic hydroxyl groups is 1. The Morgan fingerprint density at radius 1 is 1.20 bits per heavy atom. The average molecular weight is 203 g/mol. The van der Waals surface area contributed by atoms with Crippen LogP contribution in [-0.4, -0.2) is 5.11 Å². The third kappa shape index (κ3) is 1.28. The maximum absolute atomic E-state index is 9.27. The molecule has 3 atom stereocenters. The molecular formula is C13H17NO. The van der Waals surface area contributed by atoms with Gasteiger partial charge >= 0.3 is 0 Å². The number of nitrogens with two attached hydrogens (primary N) is 1. The molecule has 2 aliphatic carbocycles. The second-order valence-electron chi connectivity index (χ2n) is 5.17.